The molecule has 0 heterocycles. The molecule has 0 saturated carbocycles. The molecule has 0 aliphatic carbocycles. The summed E-state index contributed by atoms with van der Waals surface area (Å²) in [6, 6.07) is 5.11. The SMILES string of the molecule is CCN(CC)C(=O)/C=C/c1ccc(OC(=O)N(C)C)c(OC)c1. The van der Waals surface area contributed by atoms with Crippen LogP contribution in [0.25, 0.3) is 6.08 Å². The summed E-state index contributed by atoms with van der Waals surface area (Å²) < 4.78 is 10.5. The molecule has 0 bridgehead atoms. The summed E-state index contributed by atoms with van der Waals surface area (Å²) in [5, 5.41) is 0. The largest absolute Gasteiger partial charge is 0.493 e. The highest BCUT2D eigenvalue weighted by molar-refractivity contribution is 5.91. The quantitative estimate of drug-likeness (QED) is 0.756. The lowest BCUT2D eigenvalue weighted by molar-refractivity contribution is -0.125. The van der Waals surface area contributed by atoms with E-state index in [0.29, 0.717) is 24.6 Å². The number of likely N-dealkylation sites (N-methyl/N-ethyl adjacent to an activating group) is 1. The minimum absolute atomic E-state index is 0.0444. The van der Waals surface area contributed by atoms with Crippen LogP contribution in [0.1, 0.15) is 19.4 Å². The molecule has 0 saturated heterocycles. The number of ether oxygens (including phenoxy) is 2. The molecule has 0 atom stereocenters. The van der Waals surface area contributed by atoms with Crippen molar-refractivity contribution in [1.29, 1.82) is 0 Å². The van der Waals surface area contributed by atoms with Crippen LogP contribution in [0.2, 0.25) is 0 Å². The fourth-order valence-corrected chi connectivity index (χ4v) is 1.87. The summed E-state index contributed by atoms with van der Waals surface area (Å²) in [7, 11) is 4.70. The van der Waals surface area contributed by atoms with Gasteiger partial charge in [-0.3, -0.25) is 4.79 Å². The van der Waals surface area contributed by atoms with E-state index in [4.69, 9.17) is 9.47 Å². The maximum Gasteiger partial charge on any atom is 0.414 e. The van der Waals surface area contributed by atoms with Gasteiger partial charge in [-0.05, 0) is 37.6 Å². The Morgan fingerprint density at radius 3 is 2.30 bits per heavy atom. The van der Waals surface area contributed by atoms with E-state index in [1.54, 1.807) is 43.3 Å². The molecule has 0 aliphatic rings. The number of amides is 2. The molecule has 6 nitrogen and oxygen atoms in total. The zero-order valence-corrected chi connectivity index (χ0v) is 14.3. The number of carbonyl (C=O) groups excluding carboxylic acids is 2. The highest BCUT2D eigenvalue weighted by atomic mass is 16.6. The Morgan fingerprint density at radius 2 is 1.78 bits per heavy atom. The number of rotatable bonds is 6. The van der Waals surface area contributed by atoms with E-state index >= 15 is 0 Å². The van der Waals surface area contributed by atoms with Gasteiger partial charge >= 0.3 is 6.09 Å². The van der Waals surface area contributed by atoms with Gasteiger partial charge in [-0.15, -0.1) is 0 Å². The van der Waals surface area contributed by atoms with Gasteiger partial charge in [-0.2, -0.15) is 0 Å². The van der Waals surface area contributed by atoms with Crippen LogP contribution < -0.4 is 9.47 Å². The minimum atomic E-state index is -0.483. The summed E-state index contributed by atoms with van der Waals surface area (Å²) in [5.41, 5.74) is 0.784. The summed E-state index contributed by atoms with van der Waals surface area (Å²) in [6.07, 6.45) is 2.75. The topological polar surface area (TPSA) is 59.1 Å². The summed E-state index contributed by atoms with van der Waals surface area (Å²) >= 11 is 0. The van der Waals surface area contributed by atoms with Crippen molar-refractivity contribution < 1.29 is 19.1 Å². The molecule has 0 aromatic heterocycles. The zero-order chi connectivity index (χ0) is 17.4. The molecule has 0 spiro atoms. The summed E-state index contributed by atoms with van der Waals surface area (Å²) in [6.45, 7) is 5.21. The molecule has 23 heavy (non-hydrogen) atoms. The van der Waals surface area contributed by atoms with E-state index in [1.807, 2.05) is 13.8 Å². The van der Waals surface area contributed by atoms with Gasteiger partial charge in [-0.1, -0.05) is 6.07 Å². The third-order valence-corrected chi connectivity index (χ3v) is 3.24. The second-order valence-corrected chi connectivity index (χ2v) is 5.02. The number of carbonyl (C=O) groups is 2. The van der Waals surface area contributed by atoms with Crippen molar-refractivity contribution in [2.45, 2.75) is 13.8 Å². The minimum Gasteiger partial charge on any atom is -0.493 e. The van der Waals surface area contributed by atoms with Crippen LogP contribution >= 0.6 is 0 Å². The Labute approximate surface area is 137 Å². The molecular formula is C17H24N2O4. The zero-order valence-electron chi connectivity index (χ0n) is 14.3. The van der Waals surface area contributed by atoms with E-state index in [2.05, 4.69) is 0 Å². The van der Waals surface area contributed by atoms with Crippen molar-refractivity contribution >= 4 is 18.1 Å². The number of nitrogens with zero attached hydrogens (tertiary/aromatic N) is 2. The second kappa shape index (κ2) is 8.82. The van der Waals surface area contributed by atoms with Gasteiger partial charge in [0.1, 0.15) is 0 Å². The van der Waals surface area contributed by atoms with E-state index in [-0.39, 0.29) is 5.91 Å². The van der Waals surface area contributed by atoms with Gasteiger partial charge in [0, 0.05) is 33.3 Å². The van der Waals surface area contributed by atoms with Crippen LogP contribution in [0.3, 0.4) is 0 Å². The summed E-state index contributed by atoms with van der Waals surface area (Å²) in [4.78, 5) is 26.6. The highest BCUT2D eigenvalue weighted by Crippen LogP contribution is 2.29. The number of hydrogen-bond acceptors (Lipinski definition) is 4. The molecule has 0 N–H and O–H groups in total. The average Bonchev–Trinajstić information content (AvgIpc) is 2.54. The Kier molecular flexibility index (Phi) is 7.12. The fourth-order valence-electron chi connectivity index (χ4n) is 1.87. The maximum absolute atomic E-state index is 12.0. The fraction of sp³-hybridized carbons (Fsp3) is 0.412. The molecule has 1 aromatic carbocycles. The standard InChI is InChI=1S/C17H24N2O4/c1-6-19(7-2)16(20)11-9-13-8-10-14(15(12-13)22-5)23-17(21)18(3)4/h8-12H,6-7H2,1-5H3/b11-9+. The molecule has 1 aromatic rings. The first-order valence-electron chi connectivity index (χ1n) is 7.47. The van der Waals surface area contributed by atoms with E-state index in [9.17, 15) is 9.59 Å². The molecule has 0 aliphatic heterocycles. The third kappa shape index (κ3) is 5.32. The van der Waals surface area contributed by atoms with Crippen molar-refractivity contribution in [2.24, 2.45) is 0 Å². The molecule has 0 unspecified atom stereocenters. The van der Waals surface area contributed by atoms with Crippen molar-refractivity contribution in [3.8, 4) is 11.5 Å². The van der Waals surface area contributed by atoms with Crippen LogP contribution in [-0.2, 0) is 4.79 Å². The highest BCUT2D eigenvalue weighted by Gasteiger charge is 2.12. The van der Waals surface area contributed by atoms with Crippen molar-refractivity contribution in [1.82, 2.24) is 9.80 Å². The molecule has 0 radical (unpaired) electrons. The number of hydrogen-bond donors (Lipinski definition) is 0. The van der Waals surface area contributed by atoms with Crippen molar-refractivity contribution in [2.75, 3.05) is 34.3 Å². The average molecular weight is 320 g/mol. The molecule has 126 valence electrons. The van der Waals surface area contributed by atoms with E-state index in [1.165, 1.54) is 18.1 Å². The first kappa shape index (κ1) is 18.5. The molecule has 1 rings (SSSR count). The first-order chi connectivity index (χ1) is 10.9. The van der Waals surface area contributed by atoms with Crippen LogP contribution in [0.15, 0.2) is 24.3 Å². The van der Waals surface area contributed by atoms with Crippen LogP contribution in [0.5, 0.6) is 11.5 Å². The normalized spacial score (nSPS) is 10.5. The Balaban J connectivity index is 2.91. The first-order valence-corrected chi connectivity index (χ1v) is 7.47. The maximum atomic E-state index is 12.0. The van der Waals surface area contributed by atoms with Gasteiger partial charge in [0.2, 0.25) is 5.91 Å². The second-order valence-electron chi connectivity index (χ2n) is 5.02. The molecule has 6 heteroatoms. The monoisotopic (exact) mass is 320 g/mol. The molecule has 0 fully saturated rings. The Bertz CT molecular complexity index is 578. The van der Waals surface area contributed by atoms with E-state index in [0.717, 1.165) is 5.56 Å². The predicted molar refractivity (Wildman–Crippen MR) is 89.7 cm³/mol. The van der Waals surface area contributed by atoms with E-state index < -0.39 is 6.09 Å². The lowest BCUT2D eigenvalue weighted by atomic mass is 10.2. The van der Waals surface area contributed by atoms with Gasteiger partial charge in [0.15, 0.2) is 11.5 Å². The van der Waals surface area contributed by atoms with Gasteiger partial charge < -0.3 is 19.3 Å². The Hall–Kier alpha value is -2.50. The van der Waals surface area contributed by atoms with Crippen LogP contribution in [0.4, 0.5) is 4.79 Å². The molecule has 2 amide bonds. The number of methoxy groups -OCH3 is 1. The molecular weight excluding hydrogens is 296 g/mol. The summed E-state index contributed by atoms with van der Waals surface area (Å²) in [5.74, 6) is 0.716. The smallest absolute Gasteiger partial charge is 0.414 e. The lowest BCUT2D eigenvalue weighted by Crippen LogP contribution is -2.28. The van der Waals surface area contributed by atoms with Crippen LogP contribution in [0, 0.1) is 0 Å². The lowest BCUT2D eigenvalue weighted by Gasteiger charge is -2.16. The van der Waals surface area contributed by atoms with Gasteiger partial charge in [0.05, 0.1) is 7.11 Å². The van der Waals surface area contributed by atoms with Gasteiger partial charge in [-0.25, -0.2) is 4.79 Å². The van der Waals surface area contributed by atoms with Gasteiger partial charge in [0.25, 0.3) is 0 Å². The Morgan fingerprint density at radius 1 is 1.13 bits per heavy atom. The van der Waals surface area contributed by atoms with Crippen LogP contribution in [-0.4, -0.2) is 56.1 Å². The number of benzene rings is 1. The van der Waals surface area contributed by atoms with Crippen molar-refractivity contribution in [3.05, 3.63) is 29.8 Å². The third-order valence-electron chi connectivity index (χ3n) is 3.24. The predicted octanol–water partition coefficient (Wildman–Crippen LogP) is 2.64. The van der Waals surface area contributed by atoms with Crippen molar-refractivity contribution in [3.63, 3.8) is 0 Å².